The third-order valence-corrected chi connectivity index (χ3v) is 9.63. The second kappa shape index (κ2) is 11.1. The number of hydrogen-bond acceptors (Lipinski definition) is 3. The minimum atomic E-state index is -0.380. The fourth-order valence-corrected chi connectivity index (χ4v) is 7.99. The van der Waals surface area contributed by atoms with Gasteiger partial charge in [0.15, 0.2) is 6.20 Å². The van der Waals surface area contributed by atoms with Crippen molar-refractivity contribution in [3.8, 4) is 0 Å². The molecule has 2 fully saturated rings. The Kier molecular flexibility index (Phi) is 8.03. The van der Waals surface area contributed by atoms with E-state index in [1.807, 2.05) is 17.0 Å². The van der Waals surface area contributed by atoms with Gasteiger partial charge in [0, 0.05) is 47.7 Å². The lowest BCUT2D eigenvalue weighted by molar-refractivity contribution is -0.616. The van der Waals surface area contributed by atoms with E-state index in [-0.39, 0.29) is 23.8 Å². The number of carbonyl (C=O) groups is 2. The average molecular weight is 655 g/mol. The number of urea groups is 1. The van der Waals surface area contributed by atoms with Crippen LogP contribution in [0.15, 0.2) is 33.3 Å². The molecule has 7 nitrogen and oxygen atoms in total. The maximum Gasteiger partial charge on any atom is 0.314 e. The second-order valence-electron chi connectivity index (χ2n) is 10.5. The van der Waals surface area contributed by atoms with Crippen LogP contribution in [0.1, 0.15) is 60.4 Å². The molecule has 2 N–H and O–H groups in total. The molecule has 1 aromatic carbocycles. The summed E-state index contributed by atoms with van der Waals surface area (Å²) in [4.78, 5) is 28.2. The summed E-state index contributed by atoms with van der Waals surface area (Å²) in [5.41, 5.74) is 9.60. The Morgan fingerprint density at radius 3 is 2.32 bits per heavy atom. The lowest BCUT2D eigenvalue weighted by Gasteiger charge is -2.37. The molecule has 37 heavy (non-hydrogen) atoms. The van der Waals surface area contributed by atoms with Crippen LogP contribution in [-0.4, -0.2) is 47.9 Å². The van der Waals surface area contributed by atoms with Gasteiger partial charge in [0.2, 0.25) is 11.6 Å². The molecule has 10 heteroatoms. The highest BCUT2D eigenvalue weighted by Crippen LogP contribution is 2.45. The number of aromatic nitrogens is 1. The number of pyridine rings is 1. The van der Waals surface area contributed by atoms with Gasteiger partial charge in [-0.2, -0.15) is 4.73 Å². The lowest BCUT2D eigenvalue weighted by Crippen LogP contribution is -2.44. The first-order valence-corrected chi connectivity index (χ1v) is 14.9. The van der Waals surface area contributed by atoms with Crippen molar-refractivity contribution in [3.63, 3.8) is 0 Å². The summed E-state index contributed by atoms with van der Waals surface area (Å²) in [5, 5.41) is 14.0. The minimum absolute atomic E-state index is 0.0693. The molecule has 0 bridgehead atoms. The molecular weight excluding hydrogens is 624 g/mol. The number of carbonyl (C=O) groups excluding carboxylic acids is 2. The summed E-state index contributed by atoms with van der Waals surface area (Å²) >= 11 is 13.7. The van der Waals surface area contributed by atoms with E-state index in [1.54, 1.807) is 11.1 Å². The Morgan fingerprint density at radius 1 is 1.00 bits per heavy atom. The quantitative estimate of drug-likeness (QED) is 0.367. The highest BCUT2D eigenvalue weighted by atomic mass is 79.9. The van der Waals surface area contributed by atoms with Crippen molar-refractivity contribution in [2.45, 2.75) is 50.9 Å². The van der Waals surface area contributed by atoms with E-state index in [0.29, 0.717) is 43.5 Å². The fourth-order valence-electron chi connectivity index (χ4n) is 6.41. The molecule has 1 atom stereocenters. The van der Waals surface area contributed by atoms with Crippen molar-refractivity contribution in [2.75, 3.05) is 26.2 Å². The molecule has 0 unspecified atom stereocenters. The van der Waals surface area contributed by atoms with Crippen molar-refractivity contribution < 1.29 is 14.3 Å². The summed E-state index contributed by atoms with van der Waals surface area (Å²) < 4.78 is 2.76. The standard InChI is InChI=1S/C27H31Br2ClN4O3/c28-20-12-19-2-1-18-13-21(30)14-22(29)24(18)25(26(19)34(37)15-20)17-5-9-32(10-6-17)23(35)11-16-3-7-33(8-4-16)27(31)36/h12-17,25H,1-11H2,(H2,31,36)/t25-/m1/s1. The van der Waals surface area contributed by atoms with Gasteiger partial charge in [-0.25, -0.2) is 4.79 Å². The minimum Gasteiger partial charge on any atom is -0.618 e. The topological polar surface area (TPSA) is 93.6 Å². The smallest absolute Gasteiger partial charge is 0.314 e. The number of benzene rings is 1. The van der Waals surface area contributed by atoms with Gasteiger partial charge in [0.05, 0.1) is 10.4 Å². The van der Waals surface area contributed by atoms with E-state index in [9.17, 15) is 14.8 Å². The number of rotatable bonds is 3. The van der Waals surface area contributed by atoms with Crippen molar-refractivity contribution in [3.05, 3.63) is 66.0 Å². The Morgan fingerprint density at radius 2 is 1.65 bits per heavy atom. The Labute approximate surface area is 239 Å². The lowest BCUT2D eigenvalue weighted by atomic mass is 9.76. The summed E-state index contributed by atoms with van der Waals surface area (Å²) in [6.07, 6.45) is 7.02. The number of primary amides is 1. The number of nitrogens with zero attached hydrogens (tertiary/aromatic N) is 3. The molecule has 3 amide bonds. The summed E-state index contributed by atoms with van der Waals surface area (Å²) in [7, 11) is 0. The monoisotopic (exact) mass is 652 g/mol. The maximum atomic E-state index is 13.3. The molecule has 2 saturated heterocycles. The molecule has 2 aromatic rings. The van der Waals surface area contributed by atoms with Gasteiger partial charge in [-0.3, -0.25) is 4.79 Å². The molecule has 3 heterocycles. The predicted octanol–water partition coefficient (Wildman–Crippen LogP) is 5.15. The number of piperidine rings is 2. The normalized spacial score (nSPS) is 20.8. The van der Waals surface area contributed by atoms with Crippen LogP contribution in [-0.2, 0) is 17.6 Å². The van der Waals surface area contributed by atoms with E-state index in [0.717, 1.165) is 69.0 Å². The SMILES string of the molecule is NC(=O)N1CCC(CC(=O)N2CCC([C@@H]3c4c(Br)cc(Cl)cc4CCc4cc(Br)c[n+]([O-])c43)CC2)CC1. The largest absolute Gasteiger partial charge is 0.618 e. The van der Waals surface area contributed by atoms with Gasteiger partial charge < -0.3 is 20.7 Å². The van der Waals surface area contributed by atoms with Crippen LogP contribution in [0.5, 0.6) is 0 Å². The summed E-state index contributed by atoms with van der Waals surface area (Å²) in [6, 6.07) is 5.65. The molecule has 198 valence electrons. The first-order valence-electron chi connectivity index (χ1n) is 12.9. The molecule has 0 radical (unpaired) electrons. The molecule has 0 saturated carbocycles. The van der Waals surface area contributed by atoms with Crippen LogP contribution in [0.3, 0.4) is 0 Å². The van der Waals surface area contributed by atoms with Crippen molar-refractivity contribution in [2.24, 2.45) is 17.6 Å². The summed E-state index contributed by atoms with van der Waals surface area (Å²) in [5.74, 6) is 0.644. The van der Waals surface area contributed by atoms with Crippen LogP contribution < -0.4 is 10.5 Å². The Bertz CT molecular complexity index is 1150. The van der Waals surface area contributed by atoms with Crippen LogP contribution in [0, 0.1) is 17.0 Å². The van der Waals surface area contributed by atoms with Crippen molar-refractivity contribution in [1.82, 2.24) is 9.80 Å². The number of nitrogens with two attached hydrogens (primary N) is 1. The van der Waals surface area contributed by atoms with Gasteiger partial charge >= 0.3 is 6.03 Å². The molecule has 2 aliphatic heterocycles. The first kappa shape index (κ1) is 26.8. The molecular formula is C27H31Br2ClN4O3. The first-order chi connectivity index (χ1) is 17.7. The van der Waals surface area contributed by atoms with Gasteiger partial charge in [0.25, 0.3) is 0 Å². The number of amides is 3. The summed E-state index contributed by atoms with van der Waals surface area (Å²) in [6.45, 7) is 2.62. The van der Waals surface area contributed by atoms with E-state index in [2.05, 4.69) is 37.9 Å². The number of halogens is 3. The number of likely N-dealkylation sites (tertiary alicyclic amines) is 2. The number of aryl methyl sites for hydroxylation is 2. The Hall–Kier alpha value is -1.84. The number of fused-ring (bicyclic) bond motifs is 2. The molecule has 3 aliphatic rings. The predicted molar refractivity (Wildman–Crippen MR) is 149 cm³/mol. The van der Waals surface area contributed by atoms with E-state index in [1.165, 1.54) is 5.56 Å². The van der Waals surface area contributed by atoms with Gasteiger partial charge in [-0.15, -0.1) is 0 Å². The fraction of sp³-hybridized carbons (Fsp3) is 0.519. The van der Waals surface area contributed by atoms with Gasteiger partial charge in [-0.1, -0.05) is 27.5 Å². The highest BCUT2D eigenvalue weighted by molar-refractivity contribution is 9.10. The van der Waals surface area contributed by atoms with E-state index < -0.39 is 0 Å². The average Bonchev–Trinajstić information content (AvgIpc) is 3.02. The zero-order chi connectivity index (χ0) is 26.3. The van der Waals surface area contributed by atoms with Crippen molar-refractivity contribution in [1.29, 1.82) is 0 Å². The van der Waals surface area contributed by atoms with Crippen LogP contribution >= 0.6 is 43.5 Å². The van der Waals surface area contributed by atoms with Crippen LogP contribution in [0.4, 0.5) is 4.79 Å². The van der Waals surface area contributed by atoms with Crippen LogP contribution in [0.25, 0.3) is 0 Å². The molecule has 1 aliphatic carbocycles. The zero-order valence-corrected chi connectivity index (χ0v) is 24.5. The maximum absolute atomic E-state index is 13.3. The molecule has 5 rings (SSSR count). The van der Waals surface area contributed by atoms with E-state index in [4.69, 9.17) is 17.3 Å². The number of hydrogen-bond donors (Lipinski definition) is 1. The molecule has 0 spiro atoms. The highest BCUT2D eigenvalue weighted by Gasteiger charge is 2.40. The second-order valence-corrected chi connectivity index (χ2v) is 12.7. The van der Waals surface area contributed by atoms with E-state index >= 15 is 0 Å². The third-order valence-electron chi connectivity index (χ3n) is 8.32. The van der Waals surface area contributed by atoms with Crippen LogP contribution in [0.2, 0.25) is 5.02 Å². The third kappa shape index (κ3) is 5.64. The van der Waals surface area contributed by atoms with Crippen molar-refractivity contribution >= 4 is 55.4 Å². The Balaban J connectivity index is 1.34. The van der Waals surface area contributed by atoms with Gasteiger partial charge in [-0.05, 0) is 95.6 Å². The molecule has 1 aromatic heterocycles. The zero-order valence-electron chi connectivity index (χ0n) is 20.6. The van der Waals surface area contributed by atoms with Gasteiger partial charge in [0.1, 0.15) is 0 Å².